The van der Waals surface area contributed by atoms with Crippen LogP contribution in [0.4, 0.5) is 0 Å². The van der Waals surface area contributed by atoms with Crippen LogP contribution < -0.4 is 14.9 Å². The Morgan fingerprint density at radius 1 is 1.04 bits per heavy atom. The zero-order valence-electron chi connectivity index (χ0n) is 26.2. The third-order valence-corrected chi connectivity index (χ3v) is 9.98. The molecule has 2 aromatic heterocycles. The number of rotatable bonds is 9. The van der Waals surface area contributed by atoms with Crippen LogP contribution in [0.3, 0.4) is 0 Å². The van der Waals surface area contributed by atoms with Gasteiger partial charge in [-0.3, -0.25) is 9.36 Å². The Morgan fingerprint density at radius 3 is 2.50 bits per heavy atom. The van der Waals surface area contributed by atoms with Crippen molar-refractivity contribution in [3.8, 4) is 0 Å². The van der Waals surface area contributed by atoms with Gasteiger partial charge in [0.2, 0.25) is 0 Å². The number of para-hydroxylation sites is 1. The molecular formula is C37H35Cl2N3O3S. The normalized spacial score (nSPS) is 15.0. The highest BCUT2D eigenvalue weighted by atomic mass is 35.5. The molecule has 1 atom stereocenters. The number of aromatic nitrogens is 2. The number of fused-ring (bicyclic) bond motifs is 2. The number of allylic oxidation sites excluding steroid dienone is 1. The number of esters is 1. The SMILES string of the molecule is CCCC1=C(C(=O)OCC)[C@@H](c2ccc(C(C)C)cc2)n2c(s/c(=C/c3cn(Cc4ccc(Cl)c(Cl)c4)c4ccccc34)c2=O)=N1. The van der Waals surface area contributed by atoms with Gasteiger partial charge in [-0.2, -0.15) is 0 Å². The first-order valence-electron chi connectivity index (χ1n) is 15.5. The number of carbonyl (C=O) groups is 1. The van der Waals surface area contributed by atoms with Crippen molar-refractivity contribution in [2.24, 2.45) is 4.99 Å². The molecule has 6 rings (SSSR count). The van der Waals surface area contributed by atoms with Gasteiger partial charge in [0.05, 0.1) is 38.5 Å². The Balaban J connectivity index is 1.52. The molecule has 0 aliphatic carbocycles. The second-order valence-corrected chi connectivity index (χ2v) is 13.5. The van der Waals surface area contributed by atoms with Crippen molar-refractivity contribution in [1.82, 2.24) is 9.13 Å². The van der Waals surface area contributed by atoms with Crippen LogP contribution in [0.15, 0.2) is 94.0 Å². The zero-order chi connectivity index (χ0) is 32.5. The van der Waals surface area contributed by atoms with Crippen molar-refractivity contribution < 1.29 is 9.53 Å². The van der Waals surface area contributed by atoms with Gasteiger partial charge in [-0.15, -0.1) is 0 Å². The van der Waals surface area contributed by atoms with Gasteiger partial charge in [0, 0.05) is 29.2 Å². The van der Waals surface area contributed by atoms with Crippen LogP contribution in [-0.4, -0.2) is 21.7 Å². The molecule has 0 radical (unpaired) electrons. The molecule has 236 valence electrons. The molecule has 1 aliphatic rings. The van der Waals surface area contributed by atoms with E-state index in [4.69, 9.17) is 32.9 Å². The molecule has 3 aromatic carbocycles. The van der Waals surface area contributed by atoms with E-state index in [0.717, 1.165) is 34.0 Å². The van der Waals surface area contributed by atoms with E-state index in [9.17, 15) is 9.59 Å². The van der Waals surface area contributed by atoms with E-state index >= 15 is 0 Å². The number of hydrogen-bond acceptors (Lipinski definition) is 5. The number of carbonyl (C=O) groups excluding carboxylic acids is 1. The van der Waals surface area contributed by atoms with E-state index in [1.54, 1.807) is 17.6 Å². The average molecular weight is 673 g/mol. The van der Waals surface area contributed by atoms with Gasteiger partial charge in [-0.05, 0) is 60.2 Å². The summed E-state index contributed by atoms with van der Waals surface area (Å²) >= 11 is 13.8. The quantitative estimate of drug-likeness (QED) is 0.149. The van der Waals surface area contributed by atoms with Crippen LogP contribution in [-0.2, 0) is 16.1 Å². The number of benzene rings is 3. The van der Waals surface area contributed by atoms with Crippen LogP contribution in [0.5, 0.6) is 0 Å². The minimum Gasteiger partial charge on any atom is -0.463 e. The maximum Gasteiger partial charge on any atom is 0.338 e. The smallest absolute Gasteiger partial charge is 0.338 e. The largest absolute Gasteiger partial charge is 0.463 e. The van der Waals surface area contributed by atoms with Gasteiger partial charge in [0.1, 0.15) is 0 Å². The number of ether oxygens (including phenoxy) is 1. The summed E-state index contributed by atoms with van der Waals surface area (Å²) < 4.78 is 9.91. The molecule has 9 heteroatoms. The highest BCUT2D eigenvalue weighted by Gasteiger charge is 2.34. The van der Waals surface area contributed by atoms with Crippen LogP contribution in [0.2, 0.25) is 10.0 Å². The maximum absolute atomic E-state index is 14.3. The van der Waals surface area contributed by atoms with Gasteiger partial charge in [-0.1, -0.05) is 110 Å². The standard InChI is InChI=1S/C37H35Cl2N3O3S/c1-5-9-30-33(36(44)45-6-2)34(25-15-13-24(14-16-25)22(3)4)42-35(43)32(46-37(42)40-30)19-26-21-41(31-11-8-7-10-27(26)31)20-23-12-17-28(38)29(39)18-23/h7-8,10-19,21-22,34H,5-6,9,20H2,1-4H3/b32-19+/t34-/m1/s1. The highest BCUT2D eigenvalue weighted by molar-refractivity contribution is 7.07. The molecule has 0 saturated heterocycles. The van der Waals surface area contributed by atoms with Gasteiger partial charge in [-0.25, -0.2) is 9.79 Å². The van der Waals surface area contributed by atoms with Crippen LogP contribution >= 0.6 is 34.5 Å². The molecular weight excluding hydrogens is 637 g/mol. The fraction of sp³-hybridized carbons (Fsp3) is 0.270. The molecule has 46 heavy (non-hydrogen) atoms. The lowest BCUT2D eigenvalue weighted by Gasteiger charge is -2.26. The predicted molar refractivity (Wildman–Crippen MR) is 188 cm³/mol. The lowest BCUT2D eigenvalue weighted by Crippen LogP contribution is -2.40. The lowest BCUT2D eigenvalue weighted by atomic mass is 9.92. The molecule has 3 heterocycles. The van der Waals surface area contributed by atoms with Gasteiger partial charge >= 0.3 is 5.97 Å². The molecule has 6 nitrogen and oxygen atoms in total. The third kappa shape index (κ3) is 6.11. The predicted octanol–water partition coefficient (Wildman–Crippen LogP) is 8.01. The Bertz CT molecular complexity index is 2160. The second-order valence-electron chi connectivity index (χ2n) is 11.7. The summed E-state index contributed by atoms with van der Waals surface area (Å²) in [5, 5.41) is 2.05. The molecule has 0 spiro atoms. The van der Waals surface area contributed by atoms with Crippen molar-refractivity contribution in [1.29, 1.82) is 0 Å². The van der Waals surface area contributed by atoms with E-state index < -0.39 is 12.0 Å². The van der Waals surface area contributed by atoms with E-state index in [0.29, 0.717) is 49.5 Å². The lowest BCUT2D eigenvalue weighted by molar-refractivity contribution is -0.139. The molecule has 1 aliphatic heterocycles. The second kappa shape index (κ2) is 13.4. The molecule has 0 amide bonds. The number of thiazole rings is 1. The van der Waals surface area contributed by atoms with Crippen LogP contribution in [0.25, 0.3) is 17.0 Å². The summed E-state index contributed by atoms with van der Waals surface area (Å²) in [5.41, 5.74) is 5.90. The van der Waals surface area contributed by atoms with Crippen molar-refractivity contribution in [2.45, 2.75) is 59.0 Å². The first-order valence-corrected chi connectivity index (χ1v) is 17.1. The summed E-state index contributed by atoms with van der Waals surface area (Å²) in [7, 11) is 0. The number of nitrogens with zero attached hydrogens (tertiary/aromatic N) is 3. The van der Waals surface area contributed by atoms with E-state index in [-0.39, 0.29) is 12.2 Å². The van der Waals surface area contributed by atoms with Crippen molar-refractivity contribution in [3.05, 3.63) is 136 Å². The van der Waals surface area contributed by atoms with Crippen molar-refractivity contribution >= 4 is 57.5 Å². The molecule has 0 unspecified atom stereocenters. The summed E-state index contributed by atoms with van der Waals surface area (Å²) in [6.45, 7) is 8.95. The Hall–Kier alpha value is -3.91. The third-order valence-electron chi connectivity index (χ3n) is 8.25. The highest BCUT2D eigenvalue weighted by Crippen LogP contribution is 2.33. The van der Waals surface area contributed by atoms with E-state index in [1.165, 1.54) is 16.9 Å². The summed E-state index contributed by atoms with van der Waals surface area (Å²) in [5.74, 6) is -0.0853. The molecule has 5 aromatic rings. The average Bonchev–Trinajstić information content (AvgIpc) is 3.54. The van der Waals surface area contributed by atoms with E-state index in [1.807, 2.05) is 42.5 Å². The minimum atomic E-state index is -0.642. The topological polar surface area (TPSA) is 65.6 Å². The number of halogens is 2. The Morgan fingerprint density at radius 2 is 1.80 bits per heavy atom. The fourth-order valence-corrected chi connectivity index (χ4v) is 7.33. The van der Waals surface area contributed by atoms with Crippen LogP contribution in [0, 0.1) is 0 Å². The van der Waals surface area contributed by atoms with Crippen molar-refractivity contribution in [2.75, 3.05) is 6.61 Å². The van der Waals surface area contributed by atoms with Gasteiger partial charge in [0.15, 0.2) is 4.80 Å². The fourth-order valence-electron chi connectivity index (χ4n) is 6.00. The van der Waals surface area contributed by atoms with Gasteiger partial charge in [0.25, 0.3) is 5.56 Å². The summed E-state index contributed by atoms with van der Waals surface area (Å²) in [4.78, 5) is 33.4. The Labute approximate surface area is 281 Å². The molecule has 0 fully saturated rings. The minimum absolute atomic E-state index is 0.194. The van der Waals surface area contributed by atoms with Gasteiger partial charge < -0.3 is 9.30 Å². The molecule has 0 N–H and O–H groups in total. The summed E-state index contributed by atoms with van der Waals surface area (Å²) in [6.07, 6.45) is 5.39. The maximum atomic E-state index is 14.3. The Kier molecular flexibility index (Phi) is 9.37. The zero-order valence-corrected chi connectivity index (χ0v) is 28.5. The first-order chi connectivity index (χ1) is 22.2. The monoisotopic (exact) mass is 671 g/mol. The molecule has 0 bridgehead atoms. The number of hydrogen-bond donors (Lipinski definition) is 0. The van der Waals surface area contributed by atoms with E-state index in [2.05, 4.69) is 55.8 Å². The first kappa shape index (κ1) is 32.0. The molecule has 0 saturated carbocycles. The van der Waals surface area contributed by atoms with Crippen LogP contribution in [0.1, 0.15) is 74.8 Å². The van der Waals surface area contributed by atoms with Crippen molar-refractivity contribution in [3.63, 3.8) is 0 Å². The summed E-state index contributed by atoms with van der Waals surface area (Å²) in [6, 6.07) is 21.3.